The van der Waals surface area contributed by atoms with Gasteiger partial charge in [-0.3, -0.25) is 0 Å². The molecule has 2 aromatic rings. The van der Waals surface area contributed by atoms with Crippen LogP contribution in [0, 0.1) is 0 Å². The SMILES string of the molecule is Clc1cccc2c(CI)csc12. The molecule has 12 heavy (non-hydrogen) atoms. The summed E-state index contributed by atoms with van der Waals surface area (Å²) in [7, 11) is 0. The zero-order chi connectivity index (χ0) is 8.55. The normalized spacial score (nSPS) is 10.8. The number of hydrogen-bond acceptors (Lipinski definition) is 1. The first-order valence-electron chi connectivity index (χ1n) is 3.53. The van der Waals surface area contributed by atoms with Crippen molar-refractivity contribution in [3.63, 3.8) is 0 Å². The van der Waals surface area contributed by atoms with Crippen molar-refractivity contribution >= 4 is 55.6 Å². The van der Waals surface area contributed by atoms with E-state index in [-0.39, 0.29) is 0 Å². The zero-order valence-electron chi connectivity index (χ0n) is 6.18. The van der Waals surface area contributed by atoms with E-state index in [4.69, 9.17) is 11.6 Å². The Hall–Kier alpha value is 0.200. The van der Waals surface area contributed by atoms with Crippen molar-refractivity contribution < 1.29 is 0 Å². The van der Waals surface area contributed by atoms with Gasteiger partial charge in [-0.05, 0) is 22.4 Å². The molecule has 0 nitrogen and oxygen atoms in total. The molecular formula is C9H6ClIS. The molecule has 0 unspecified atom stereocenters. The maximum atomic E-state index is 6.04. The summed E-state index contributed by atoms with van der Waals surface area (Å²) >= 11 is 10.1. The van der Waals surface area contributed by atoms with E-state index in [1.807, 2.05) is 12.1 Å². The summed E-state index contributed by atoms with van der Waals surface area (Å²) < 4.78 is 2.27. The fraction of sp³-hybridized carbons (Fsp3) is 0.111. The molecule has 0 atom stereocenters. The third-order valence-electron chi connectivity index (χ3n) is 1.78. The van der Waals surface area contributed by atoms with E-state index in [2.05, 4.69) is 34.0 Å². The highest BCUT2D eigenvalue weighted by atomic mass is 127. The number of rotatable bonds is 1. The van der Waals surface area contributed by atoms with Crippen molar-refractivity contribution in [2.75, 3.05) is 0 Å². The fourth-order valence-corrected chi connectivity index (χ4v) is 3.39. The molecule has 2 rings (SSSR count). The van der Waals surface area contributed by atoms with Gasteiger partial charge in [-0.2, -0.15) is 0 Å². The summed E-state index contributed by atoms with van der Waals surface area (Å²) in [5.41, 5.74) is 1.39. The van der Waals surface area contributed by atoms with Crippen molar-refractivity contribution in [3.05, 3.63) is 34.2 Å². The van der Waals surface area contributed by atoms with Gasteiger partial charge in [0.1, 0.15) is 0 Å². The second-order valence-corrected chi connectivity index (χ2v) is 4.56. The molecule has 0 spiro atoms. The zero-order valence-corrected chi connectivity index (χ0v) is 9.91. The van der Waals surface area contributed by atoms with Gasteiger partial charge < -0.3 is 0 Å². The van der Waals surface area contributed by atoms with Crippen LogP contribution in [0.4, 0.5) is 0 Å². The maximum absolute atomic E-state index is 6.04. The van der Waals surface area contributed by atoms with Crippen LogP contribution in [0.3, 0.4) is 0 Å². The van der Waals surface area contributed by atoms with Crippen LogP contribution < -0.4 is 0 Å². The van der Waals surface area contributed by atoms with Crippen LogP contribution >= 0.6 is 45.5 Å². The first kappa shape index (κ1) is 8.78. The average molecular weight is 309 g/mol. The lowest BCUT2D eigenvalue weighted by molar-refractivity contribution is 1.57. The molecule has 1 aromatic heterocycles. The van der Waals surface area contributed by atoms with Crippen molar-refractivity contribution in [2.24, 2.45) is 0 Å². The Morgan fingerprint density at radius 2 is 2.25 bits per heavy atom. The molecule has 0 saturated heterocycles. The first-order chi connectivity index (χ1) is 5.83. The third-order valence-corrected chi connectivity index (χ3v) is 4.10. The molecule has 0 bridgehead atoms. The number of hydrogen-bond donors (Lipinski definition) is 0. The summed E-state index contributed by atoms with van der Waals surface area (Å²) in [5, 5.41) is 4.36. The first-order valence-corrected chi connectivity index (χ1v) is 6.32. The Labute approximate surface area is 93.7 Å². The monoisotopic (exact) mass is 308 g/mol. The standard InChI is InChI=1S/C9H6ClIS/c10-8-3-1-2-7-6(4-11)5-12-9(7)8/h1-3,5H,4H2. The highest BCUT2D eigenvalue weighted by Crippen LogP contribution is 2.32. The molecular weight excluding hydrogens is 303 g/mol. The lowest BCUT2D eigenvalue weighted by Crippen LogP contribution is -1.71. The molecule has 1 heterocycles. The highest BCUT2D eigenvalue weighted by Gasteiger charge is 2.04. The molecule has 0 radical (unpaired) electrons. The van der Waals surface area contributed by atoms with Crippen LogP contribution in [0.15, 0.2) is 23.6 Å². The summed E-state index contributed by atoms with van der Waals surface area (Å²) in [4.78, 5) is 0. The minimum atomic E-state index is 0.869. The van der Waals surface area contributed by atoms with Gasteiger partial charge in [0, 0.05) is 4.43 Å². The van der Waals surface area contributed by atoms with Gasteiger partial charge in [0.2, 0.25) is 0 Å². The predicted molar refractivity (Wildman–Crippen MR) is 64.6 cm³/mol. The largest absolute Gasteiger partial charge is 0.142 e. The van der Waals surface area contributed by atoms with E-state index in [0.717, 1.165) is 9.45 Å². The van der Waals surface area contributed by atoms with Gasteiger partial charge in [-0.1, -0.05) is 46.3 Å². The van der Waals surface area contributed by atoms with E-state index in [1.54, 1.807) is 11.3 Å². The lowest BCUT2D eigenvalue weighted by atomic mass is 10.2. The second-order valence-electron chi connectivity index (χ2n) is 2.51. The summed E-state index contributed by atoms with van der Waals surface area (Å²) in [5.74, 6) is 0. The number of fused-ring (bicyclic) bond motifs is 1. The Morgan fingerprint density at radius 3 is 3.00 bits per heavy atom. The molecule has 62 valence electrons. The van der Waals surface area contributed by atoms with Crippen LogP contribution in [0.25, 0.3) is 10.1 Å². The lowest BCUT2D eigenvalue weighted by Gasteiger charge is -1.93. The summed E-state index contributed by atoms with van der Waals surface area (Å²) in [6, 6.07) is 6.08. The minimum absolute atomic E-state index is 0.869. The molecule has 0 fully saturated rings. The van der Waals surface area contributed by atoms with E-state index >= 15 is 0 Å². The van der Waals surface area contributed by atoms with E-state index in [9.17, 15) is 0 Å². The molecule has 0 aliphatic heterocycles. The van der Waals surface area contributed by atoms with Crippen LogP contribution in [-0.4, -0.2) is 0 Å². The number of alkyl halides is 1. The van der Waals surface area contributed by atoms with Crippen LogP contribution in [0.2, 0.25) is 5.02 Å². The number of thiophene rings is 1. The smallest absolute Gasteiger partial charge is 0.0584 e. The number of benzene rings is 1. The Bertz CT molecular complexity index is 408. The van der Waals surface area contributed by atoms with Crippen molar-refractivity contribution in [1.82, 2.24) is 0 Å². The third kappa shape index (κ3) is 1.36. The Balaban J connectivity index is 2.80. The molecule has 0 aliphatic rings. The van der Waals surface area contributed by atoms with Gasteiger partial charge in [-0.25, -0.2) is 0 Å². The van der Waals surface area contributed by atoms with Gasteiger partial charge in [-0.15, -0.1) is 11.3 Å². The van der Waals surface area contributed by atoms with E-state index in [1.165, 1.54) is 15.6 Å². The predicted octanol–water partition coefficient (Wildman–Crippen LogP) is 4.49. The molecule has 0 amide bonds. The molecule has 3 heteroatoms. The van der Waals surface area contributed by atoms with E-state index in [0.29, 0.717) is 0 Å². The van der Waals surface area contributed by atoms with Crippen molar-refractivity contribution in [1.29, 1.82) is 0 Å². The topological polar surface area (TPSA) is 0 Å². The Morgan fingerprint density at radius 1 is 1.42 bits per heavy atom. The molecule has 0 saturated carbocycles. The number of halogens is 2. The highest BCUT2D eigenvalue weighted by molar-refractivity contribution is 14.1. The van der Waals surface area contributed by atoms with Crippen LogP contribution in [-0.2, 0) is 4.43 Å². The quantitative estimate of drug-likeness (QED) is 0.538. The Kier molecular flexibility index (Phi) is 2.57. The summed E-state index contributed by atoms with van der Waals surface area (Å²) in [6.07, 6.45) is 0. The second kappa shape index (κ2) is 3.52. The van der Waals surface area contributed by atoms with Gasteiger partial charge in [0.15, 0.2) is 0 Å². The summed E-state index contributed by atoms with van der Waals surface area (Å²) in [6.45, 7) is 0. The average Bonchev–Trinajstić information content (AvgIpc) is 2.49. The fourth-order valence-electron chi connectivity index (χ4n) is 1.18. The van der Waals surface area contributed by atoms with Crippen LogP contribution in [0.5, 0.6) is 0 Å². The van der Waals surface area contributed by atoms with Gasteiger partial charge in [0.05, 0.1) is 9.72 Å². The molecule has 0 aliphatic carbocycles. The van der Waals surface area contributed by atoms with Gasteiger partial charge in [0.25, 0.3) is 0 Å². The van der Waals surface area contributed by atoms with Gasteiger partial charge >= 0.3 is 0 Å². The van der Waals surface area contributed by atoms with E-state index < -0.39 is 0 Å². The minimum Gasteiger partial charge on any atom is -0.142 e. The maximum Gasteiger partial charge on any atom is 0.0584 e. The van der Waals surface area contributed by atoms with Crippen molar-refractivity contribution in [2.45, 2.75) is 4.43 Å². The van der Waals surface area contributed by atoms with Crippen molar-refractivity contribution in [3.8, 4) is 0 Å². The van der Waals surface area contributed by atoms with Crippen LogP contribution in [0.1, 0.15) is 5.56 Å². The molecule has 0 N–H and O–H groups in total. The molecule has 1 aromatic carbocycles.